The van der Waals surface area contributed by atoms with Crippen molar-refractivity contribution in [1.29, 1.82) is 0 Å². The first-order valence-corrected chi connectivity index (χ1v) is 17.8. The van der Waals surface area contributed by atoms with Gasteiger partial charge in [0, 0.05) is 57.3 Å². The molecule has 0 N–H and O–H groups in total. The second-order valence-electron chi connectivity index (χ2n) is 14.8. The monoisotopic (exact) mass is 678 g/mol. The van der Waals surface area contributed by atoms with Crippen LogP contribution in [0.2, 0.25) is 10.0 Å². The standard InChI is InChI=1S/C35H44Cl2N8O2/c1-22-16-34(11-6-14-44(34)18-22)21-47-33-38-26-17-35(12-10-23-8-5-9-25(36)28(23)35)42(4)19-24(26)31(39-33)43-13-7-15-45-27(20-43)29(37)30(40-45)32(46)41(2)3/h5,8-9,22H,6-7,10-21H2,1-4H3/t22-,34+,35+/m1/s1. The molecule has 4 aliphatic heterocycles. The summed E-state index contributed by atoms with van der Waals surface area (Å²) in [5.41, 5.74) is 5.69. The predicted octanol–water partition coefficient (Wildman–Crippen LogP) is 5.17. The van der Waals surface area contributed by atoms with Crippen molar-refractivity contribution in [3.05, 3.63) is 62.0 Å². The van der Waals surface area contributed by atoms with Crippen molar-refractivity contribution in [2.75, 3.05) is 52.3 Å². The van der Waals surface area contributed by atoms with E-state index in [1.54, 1.807) is 14.1 Å². The molecule has 2 saturated heterocycles. The van der Waals surface area contributed by atoms with Gasteiger partial charge in [-0.25, -0.2) is 0 Å². The molecule has 8 rings (SSSR count). The summed E-state index contributed by atoms with van der Waals surface area (Å²) < 4.78 is 8.57. The number of likely N-dealkylation sites (N-methyl/N-ethyl adjacent to an activating group) is 1. The topological polar surface area (TPSA) is 82.9 Å². The Hall–Kier alpha value is -2.92. The van der Waals surface area contributed by atoms with Crippen LogP contribution in [0.5, 0.6) is 6.01 Å². The Morgan fingerprint density at radius 3 is 2.79 bits per heavy atom. The van der Waals surface area contributed by atoms with Crippen LogP contribution in [0.25, 0.3) is 0 Å². The van der Waals surface area contributed by atoms with Gasteiger partial charge in [0.2, 0.25) is 0 Å². The van der Waals surface area contributed by atoms with Crippen LogP contribution in [0.4, 0.5) is 5.82 Å². The van der Waals surface area contributed by atoms with Gasteiger partial charge >= 0.3 is 6.01 Å². The molecule has 2 fully saturated rings. The van der Waals surface area contributed by atoms with Crippen LogP contribution >= 0.6 is 23.2 Å². The maximum atomic E-state index is 12.9. The van der Waals surface area contributed by atoms with Crippen molar-refractivity contribution < 1.29 is 9.53 Å². The molecule has 12 heteroatoms. The molecule has 0 unspecified atom stereocenters. The zero-order valence-corrected chi connectivity index (χ0v) is 29.4. The molecule has 10 nitrogen and oxygen atoms in total. The van der Waals surface area contributed by atoms with Crippen LogP contribution in [-0.2, 0) is 38.0 Å². The third-order valence-electron chi connectivity index (χ3n) is 11.5. The van der Waals surface area contributed by atoms with E-state index in [1.165, 1.54) is 22.4 Å². The van der Waals surface area contributed by atoms with Crippen LogP contribution in [-0.4, -0.2) is 93.3 Å². The SMILES string of the molecule is C[C@H]1CN2CCC[C@@]2(COc2nc3c(c(N4CCCn5nc(C(=O)N(C)C)c(Cl)c5C4)n2)CN(C)[C@@]2(CCc4cccc(Cl)c42)C3)C1. The lowest BCUT2D eigenvalue weighted by Gasteiger charge is -2.45. The zero-order valence-electron chi connectivity index (χ0n) is 27.9. The molecule has 0 saturated carbocycles. The highest BCUT2D eigenvalue weighted by Gasteiger charge is 2.49. The largest absolute Gasteiger partial charge is 0.461 e. The van der Waals surface area contributed by atoms with E-state index in [2.05, 4.69) is 45.9 Å². The first-order valence-electron chi connectivity index (χ1n) is 17.1. The molecule has 1 spiro atoms. The molecular weight excluding hydrogens is 635 g/mol. The molecular formula is C35H44Cl2N8O2. The van der Waals surface area contributed by atoms with E-state index in [9.17, 15) is 4.79 Å². The van der Waals surface area contributed by atoms with Gasteiger partial charge in [0.05, 0.1) is 34.0 Å². The summed E-state index contributed by atoms with van der Waals surface area (Å²) in [6, 6.07) is 6.74. The molecule has 47 heavy (non-hydrogen) atoms. The Kier molecular flexibility index (Phi) is 7.74. The number of carbonyl (C=O) groups is 1. The number of carbonyl (C=O) groups excluding carboxylic acids is 1. The van der Waals surface area contributed by atoms with Crippen molar-refractivity contribution in [1.82, 2.24) is 34.4 Å². The van der Waals surface area contributed by atoms with Gasteiger partial charge in [-0.1, -0.05) is 42.3 Å². The van der Waals surface area contributed by atoms with E-state index < -0.39 is 0 Å². The fourth-order valence-electron chi connectivity index (χ4n) is 9.29. The summed E-state index contributed by atoms with van der Waals surface area (Å²) in [4.78, 5) is 32.2. The minimum absolute atomic E-state index is 0.0657. The lowest BCUT2D eigenvalue weighted by atomic mass is 9.81. The summed E-state index contributed by atoms with van der Waals surface area (Å²) in [5, 5.41) is 5.89. The molecule has 5 aliphatic rings. The van der Waals surface area contributed by atoms with Gasteiger partial charge in [-0.3, -0.25) is 19.3 Å². The number of rotatable bonds is 5. The lowest BCUT2D eigenvalue weighted by Crippen LogP contribution is -2.48. The Morgan fingerprint density at radius 2 is 1.96 bits per heavy atom. The lowest BCUT2D eigenvalue weighted by molar-refractivity contribution is 0.0821. The summed E-state index contributed by atoms with van der Waals surface area (Å²) in [6.45, 7) is 7.86. The van der Waals surface area contributed by atoms with Crippen molar-refractivity contribution in [3.8, 4) is 6.01 Å². The maximum Gasteiger partial charge on any atom is 0.318 e. The van der Waals surface area contributed by atoms with Crippen molar-refractivity contribution in [2.24, 2.45) is 5.92 Å². The highest BCUT2D eigenvalue weighted by atomic mass is 35.5. The number of fused-ring (bicyclic) bond motifs is 5. The van der Waals surface area contributed by atoms with Crippen LogP contribution in [0.15, 0.2) is 18.2 Å². The van der Waals surface area contributed by atoms with Crippen LogP contribution in [0.1, 0.15) is 77.6 Å². The molecule has 1 aliphatic carbocycles. The predicted molar refractivity (Wildman–Crippen MR) is 182 cm³/mol. The number of aromatic nitrogens is 4. The number of hydrogen-bond acceptors (Lipinski definition) is 8. The van der Waals surface area contributed by atoms with Crippen LogP contribution < -0.4 is 9.64 Å². The number of hydrogen-bond donors (Lipinski definition) is 0. The van der Waals surface area contributed by atoms with Crippen molar-refractivity contribution in [2.45, 2.75) is 82.6 Å². The van der Waals surface area contributed by atoms with Gasteiger partial charge in [0.25, 0.3) is 5.91 Å². The Morgan fingerprint density at radius 1 is 1.11 bits per heavy atom. The fourth-order valence-corrected chi connectivity index (χ4v) is 9.93. The quantitative estimate of drug-likeness (QED) is 0.366. The van der Waals surface area contributed by atoms with Crippen LogP contribution in [0.3, 0.4) is 0 Å². The smallest absolute Gasteiger partial charge is 0.318 e. The first kappa shape index (κ1) is 31.4. The zero-order chi connectivity index (χ0) is 32.7. The third kappa shape index (κ3) is 5.04. The number of amides is 1. The molecule has 0 bridgehead atoms. The van der Waals surface area contributed by atoms with E-state index in [1.807, 2.05) is 10.7 Å². The third-order valence-corrected chi connectivity index (χ3v) is 12.2. The van der Waals surface area contributed by atoms with Crippen LogP contribution in [0, 0.1) is 5.92 Å². The normalized spacial score (nSPS) is 27.0. The number of benzene rings is 1. The second-order valence-corrected chi connectivity index (χ2v) is 15.6. The highest BCUT2D eigenvalue weighted by molar-refractivity contribution is 6.34. The summed E-state index contributed by atoms with van der Waals surface area (Å²) in [6.07, 6.45) is 7.09. The van der Waals surface area contributed by atoms with E-state index in [4.69, 9.17) is 37.9 Å². The van der Waals surface area contributed by atoms with Gasteiger partial charge < -0.3 is 14.5 Å². The second kappa shape index (κ2) is 11.6. The van der Waals surface area contributed by atoms with Gasteiger partial charge in [0.15, 0.2) is 5.69 Å². The Labute approximate surface area is 287 Å². The van der Waals surface area contributed by atoms with E-state index in [0.717, 1.165) is 86.0 Å². The van der Waals surface area contributed by atoms with Crippen molar-refractivity contribution >= 4 is 34.9 Å². The van der Waals surface area contributed by atoms with Gasteiger partial charge in [-0.15, -0.1) is 0 Å². The molecule has 2 aromatic heterocycles. The maximum absolute atomic E-state index is 12.9. The highest BCUT2D eigenvalue weighted by Crippen LogP contribution is 2.51. The minimum Gasteiger partial charge on any atom is -0.461 e. The number of halogens is 2. The molecule has 1 aromatic carbocycles. The average Bonchev–Trinajstić information content (AvgIpc) is 3.73. The summed E-state index contributed by atoms with van der Waals surface area (Å²) in [7, 11) is 5.65. The summed E-state index contributed by atoms with van der Waals surface area (Å²) >= 11 is 13.8. The molecule has 0 radical (unpaired) electrons. The minimum atomic E-state index is -0.229. The summed E-state index contributed by atoms with van der Waals surface area (Å²) in [5.74, 6) is 1.36. The Bertz CT molecular complexity index is 1740. The number of ether oxygens (including phenoxy) is 1. The average molecular weight is 680 g/mol. The fraction of sp³-hybridized carbons (Fsp3) is 0.600. The Balaban J connectivity index is 1.19. The molecule has 250 valence electrons. The van der Waals surface area contributed by atoms with E-state index >= 15 is 0 Å². The molecule has 3 aromatic rings. The number of anilines is 1. The van der Waals surface area contributed by atoms with E-state index in [0.29, 0.717) is 48.9 Å². The first-order chi connectivity index (χ1) is 22.6. The molecule has 6 heterocycles. The van der Waals surface area contributed by atoms with Gasteiger partial charge in [0.1, 0.15) is 12.4 Å². The number of aryl methyl sites for hydroxylation is 2. The molecule has 1 amide bonds. The molecule has 3 atom stereocenters. The van der Waals surface area contributed by atoms with E-state index in [-0.39, 0.29) is 17.0 Å². The van der Waals surface area contributed by atoms with Crippen molar-refractivity contribution in [3.63, 3.8) is 0 Å². The number of nitrogens with zero attached hydrogens (tertiary/aromatic N) is 8. The van der Waals surface area contributed by atoms with Gasteiger partial charge in [-0.05, 0) is 75.2 Å². The van der Waals surface area contributed by atoms with Gasteiger partial charge in [-0.2, -0.15) is 15.1 Å².